The summed E-state index contributed by atoms with van der Waals surface area (Å²) in [6.07, 6.45) is 2.83. The molecule has 6 nitrogen and oxygen atoms in total. The zero-order valence-electron chi connectivity index (χ0n) is 14.6. The summed E-state index contributed by atoms with van der Waals surface area (Å²) in [4.78, 5) is 4.21. The standard InChI is InChI=1S/C16H27N3O3S/c1-17-16(19-8-9-23-5)18-7-6-13-14(21-3)10-12(20-2)11-15(13)22-4/h10-11H,6-9H2,1-5H3,(H2,17,18,19). The van der Waals surface area contributed by atoms with E-state index in [1.165, 1.54) is 0 Å². The van der Waals surface area contributed by atoms with Crippen molar-refractivity contribution in [3.63, 3.8) is 0 Å². The summed E-state index contributed by atoms with van der Waals surface area (Å²) >= 11 is 1.80. The molecule has 0 saturated heterocycles. The minimum atomic E-state index is 0.713. The van der Waals surface area contributed by atoms with Crippen molar-refractivity contribution in [2.75, 3.05) is 53.5 Å². The first-order valence-electron chi connectivity index (χ1n) is 7.42. The number of guanidine groups is 1. The molecule has 1 aromatic rings. The lowest BCUT2D eigenvalue weighted by Crippen LogP contribution is -2.39. The van der Waals surface area contributed by atoms with Crippen LogP contribution in [0.25, 0.3) is 0 Å². The maximum absolute atomic E-state index is 5.46. The van der Waals surface area contributed by atoms with Gasteiger partial charge in [-0.25, -0.2) is 0 Å². The van der Waals surface area contributed by atoms with E-state index in [2.05, 4.69) is 21.9 Å². The predicted octanol–water partition coefficient (Wildman–Crippen LogP) is 1.78. The molecule has 130 valence electrons. The lowest BCUT2D eigenvalue weighted by molar-refractivity contribution is 0.368. The lowest BCUT2D eigenvalue weighted by Gasteiger charge is -2.16. The first-order chi connectivity index (χ1) is 11.2. The largest absolute Gasteiger partial charge is 0.496 e. The number of nitrogens with one attached hydrogen (secondary N) is 2. The fraction of sp³-hybridized carbons (Fsp3) is 0.562. The van der Waals surface area contributed by atoms with Gasteiger partial charge in [0, 0.05) is 43.6 Å². The molecule has 0 unspecified atom stereocenters. The molecule has 0 amide bonds. The van der Waals surface area contributed by atoms with Crippen LogP contribution in [0, 0.1) is 0 Å². The smallest absolute Gasteiger partial charge is 0.191 e. The zero-order chi connectivity index (χ0) is 17.1. The Morgan fingerprint density at radius 2 is 1.65 bits per heavy atom. The Bertz CT molecular complexity index is 484. The van der Waals surface area contributed by atoms with Crippen LogP contribution < -0.4 is 24.8 Å². The molecule has 2 N–H and O–H groups in total. The molecule has 0 aromatic heterocycles. The summed E-state index contributed by atoms with van der Waals surface area (Å²) in [5, 5.41) is 6.56. The number of hydrogen-bond acceptors (Lipinski definition) is 5. The molecule has 0 atom stereocenters. The number of rotatable bonds is 9. The highest BCUT2D eigenvalue weighted by Crippen LogP contribution is 2.34. The Hall–Kier alpha value is -1.76. The van der Waals surface area contributed by atoms with Gasteiger partial charge < -0.3 is 24.8 Å². The van der Waals surface area contributed by atoms with E-state index in [9.17, 15) is 0 Å². The van der Waals surface area contributed by atoms with Gasteiger partial charge in [-0.3, -0.25) is 4.99 Å². The highest BCUT2D eigenvalue weighted by Gasteiger charge is 2.13. The molecule has 7 heteroatoms. The fourth-order valence-corrected chi connectivity index (χ4v) is 2.43. The van der Waals surface area contributed by atoms with Crippen molar-refractivity contribution >= 4 is 17.7 Å². The maximum Gasteiger partial charge on any atom is 0.191 e. The fourth-order valence-electron chi connectivity index (χ4n) is 2.12. The normalized spacial score (nSPS) is 11.1. The average Bonchev–Trinajstić information content (AvgIpc) is 2.60. The van der Waals surface area contributed by atoms with Crippen molar-refractivity contribution in [1.29, 1.82) is 0 Å². The predicted molar refractivity (Wildman–Crippen MR) is 97.5 cm³/mol. The third-order valence-electron chi connectivity index (χ3n) is 3.31. The number of aliphatic imine (C=N–C) groups is 1. The summed E-state index contributed by atoms with van der Waals surface area (Å²) < 4.78 is 16.2. The van der Waals surface area contributed by atoms with Crippen LogP contribution in [0.3, 0.4) is 0 Å². The highest BCUT2D eigenvalue weighted by atomic mass is 32.2. The summed E-state index contributed by atoms with van der Waals surface area (Å²) in [5.74, 6) is 4.07. The van der Waals surface area contributed by atoms with Crippen molar-refractivity contribution < 1.29 is 14.2 Å². The van der Waals surface area contributed by atoms with Gasteiger partial charge in [-0.1, -0.05) is 0 Å². The van der Waals surface area contributed by atoms with Gasteiger partial charge in [0.2, 0.25) is 0 Å². The quantitative estimate of drug-likeness (QED) is 0.406. The van der Waals surface area contributed by atoms with Crippen LogP contribution in [0.4, 0.5) is 0 Å². The van der Waals surface area contributed by atoms with Crippen molar-refractivity contribution in [3.8, 4) is 17.2 Å². The number of ether oxygens (including phenoxy) is 3. The molecule has 0 aliphatic carbocycles. The number of nitrogens with zero attached hydrogens (tertiary/aromatic N) is 1. The lowest BCUT2D eigenvalue weighted by atomic mass is 10.1. The third kappa shape index (κ3) is 6.09. The molecule has 0 fully saturated rings. The van der Waals surface area contributed by atoms with Gasteiger partial charge >= 0.3 is 0 Å². The minimum Gasteiger partial charge on any atom is -0.496 e. The SMILES string of the molecule is CN=C(NCCSC)NCCc1c(OC)cc(OC)cc1OC. The molecule has 1 rings (SSSR count). The number of hydrogen-bond donors (Lipinski definition) is 2. The van der Waals surface area contributed by atoms with E-state index < -0.39 is 0 Å². The second-order valence-electron chi connectivity index (χ2n) is 4.68. The van der Waals surface area contributed by atoms with E-state index in [4.69, 9.17) is 14.2 Å². The van der Waals surface area contributed by atoms with Gasteiger partial charge in [0.25, 0.3) is 0 Å². The Labute approximate surface area is 143 Å². The van der Waals surface area contributed by atoms with Gasteiger partial charge in [0.1, 0.15) is 17.2 Å². The molecule has 0 aliphatic rings. The van der Waals surface area contributed by atoms with Gasteiger partial charge in [-0.15, -0.1) is 0 Å². The second kappa shape index (κ2) is 10.9. The van der Waals surface area contributed by atoms with Gasteiger partial charge in [-0.2, -0.15) is 11.8 Å². The highest BCUT2D eigenvalue weighted by molar-refractivity contribution is 7.98. The van der Waals surface area contributed by atoms with Crippen LogP contribution in [0.2, 0.25) is 0 Å². The molecule has 1 aromatic carbocycles. The molecule has 0 radical (unpaired) electrons. The van der Waals surface area contributed by atoms with Gasteiger partial charge in [0.05, 0.1) is 21.3 Å². The van der Waals surface area contributed by atoms with Crippen molar-refractivity contribution in [1.82, 2.24) is 10.6 Å². The van der Waals surface area contributed by atoms with E-state index in [1.54, 1.807) is 40.1 Å². The monoisotopic (exact) mass is 341 g/mol. The number of benzene rings is 1. The molecule has 0 aliphatic heterocycles. The third-order valence-corrected chi connectivity index (χ3v) is 3.92. The average molecular weight is 341 g/mol. The molecule has 0 saturated carbocycles. The summed E-state index contributed by atoms with van der Waals surface area (Å²) in [5.41, 5.74) is 1.00. The van der Waals surface area contributed by atoms with Crippen LogP contribution in [-0.2, 0) is 6.42 Å². The maximum atomic E-state index is 5.46. The van der Waals surface area contributed by atoms with E-state index >= 15 is 0 Å². The van der Waals surface area contributed by atoms with Gasteiger partial charge in [0.15, 0.2) is 5.96 Å². The van der Waals surface area contributed by atoms with E-state index in [-0.39, 0.29) is 0 Å². The molecule has 0 heterocycles. The van der Waals surface area contributed by atoms with Crippen LogP contribution in [0.15, 0.2) is 17.1 Å². The summed E-state index contributed by atoms with van der Waals surface area (Å²) in [6, 6.07) is 3.73. The van der Waals surface area contributed by atoms with Crippen LogP contribution in [0.1, 0.15) is 5.56 Å². The van der Waals surface area contributed by atoms with Crippen LogP contribution in [0.5, 0.6) is 17.2 Å². The molecule has 0 bridgehead atoms. The Kier molecular flexibility index (Phi) is 9.12. The van der Waals surface area contributed by atoms with Crippen molar-refractivity contribution in [3.05, 3.63) is 17.7 Å². The van der Waals surface area contributed by atoms with Crippen molar-refractivity contribution in [2.24, 2.45) is 4.99 Å². The first-order valence-corrected chi connectivity index (χ1v) is 8.81. The summed E-state index contributed by atoms with van der Waals surface area (Å²) in [6.45, 7) is 1.61. The molecule has 23 heavy (non-hydrogen) atoms. The Morgan fingerprint density at radius 1 is 1.04 bits per heavy atom. The second-order valence-corrected chi connectivity index (χ2v) is 5.66. The zero-order valence-corrected chi connectivity index (χ0v) is 15.4. The first kappa shape index (κ1) is 19.3. The van der Waals surface area contributed by atoms with Gasteiger partial charge in [-0.05, 0) is 12.7 Å². The van der Waals surface area contributed by atoms with E-state index in [0.29, 0.717) is 5.75 Å². The Morgan fingerprint density at radius 3 is 2.13 bits per heavy atom. The topological polar surface area (TPSA) is 64.1 Å². The van der Waals surface area contributed by atoms with Crippen LogP contribution >= 0.6 is 11.8 Å². The van der Waals surface area contributed by atoms with Crippen LogP contribution in [-0.4, -0.2) is 59.4 Å². The number of thioether (sulfide) groups is 1. The van der Waals surface area contributed by atoms with Crippen molar-refractivity contribution in [2.45, 2.75) is 6.42 Å². The summed E-state index contributed by atoms with van der Waals surface area (Å²) in [7, 11) is 6.69. The van der Waals surface area contributed by atoms with E-state index in [0.717, 1.165) is 48.3 Å². The Balaban J connectivity index is 2.69. The number of methoxy groups -OCH3 is 3. The molecule has 0 spiro atoms. The van der Waals surface area contributed by atoms with E-state index in [1.807, 2.05) is 12.1 Å². The minimum absolute atomic E-state index is 0.713. The molecular weight excluding hydrogens is 314 g/mol. The molecular formula is C16H27N3O3S.